The van der Waals surface area contributed by atoms with Crippen LogP contribution in [-0.4, -0.2) is 36.2 Å². The summed E-state index contributed by atoms with van der Waals surface area (Å²) in [6, 6.07) is 0.0292. The number of carbonyl (C=O) groups is 1. The topological polar surface area (TPSA) is 61.4 Å². The van der Waals surface area contributed by atoms with E-state index in [1.54, 1.807) is 7.05 Å². The molecule has 0 bridgehead atoms. The van der Waals surface area contributed by atoms with Crippen molar-refractivity contribution in [2.24, 2.45) is 5.41 Å². The second-order valence-corrected chi connectivity index (χ2v) is 4.63. The Labute approximate surface area is 85.1 Å². The minimum atomic E-state index is -0.253. The molecule has 0 aromatic carbocycles. The first kappa shape index (κ1) is 11.5. The first-order chi connectivity index (χ1) is 6.39. The molecule has 3 N–H and O–H groups in total. The van der Waals surface area contributed by atoms with Gasteiger partial charge in [0.1, 0.15) is 0 Å². The third-order valence-electron chi connectivity index (χ3n) is 3.31. The third-order valence-corrected chi connectivity index (χ3v) is 3.31. The van der Waals surface area contributed by atoms with Crippen molar-refractivity contribution in [2.75, 3.05) is 7.05 Å². The average Bonchev–Trinajstić information content (AvgIpc) is 2.16. The molecule has 0 aromatic rings. The van der Waals surface area contributed by atoms with Gasteiger partial charge < -0.3 is 15.7 Å². The maximum absolute atomic E-state index is 11.2. The summed E-state index contributed by atoms with van der Waals surface area (Å²) in [6.07, 6.45) is 0.478. The highest BCUT2D eigenvalue weighted by molar-refractivity contribution is 5.81. The lowest BCUT2D eigenvalue weighted by Gasteiger charge is -2.50. The second-order valence-electron chi connectivity index (χ2n) is 4.63. The van der Waals surface area contributed by atoms with Gasteiger partial charge in [0, 0.05) is 18.5 Å². The lowest BCUT2D eigenvalue weighted by Crippen LogP contribution is -2.63. The Hall–Kier alpha value is -0.610. The predicted octanol–water partition coefficient (Wildman–Crippen LogP) is -0.130. The Bertz CT molecular complexity index is 228. The summed E-state index contributed by atoms with van der Waals surface area (Å²) in [5, 5.41) is 15.3. The largest absolute Gasteiger partial charge is 0.392 e. The highest BCUT2D eigenvalue weighted by atomic mass is 16.3. The average molecular weight is 200 g/mol. The molecule has 3 atom stereocenters. The highest BCUT2D eigenvalue weighted by Gasteiger charge is 2.47. The van der Waals surface area contributed by atoms with Gasteiger partial charge >= 0.3 is 0 Å². The Morgan fingerprint density at radius 2 is 2.14 bits per heavy atom. The number of hydrogen-bond acceptors (Lipinski definition) is 3. The monoisotopic (exact) mass is 200 g/mol. The van der Waals surface area contributed by atoms with E-state index in [2.05, 4.69) is 10.6 Å². The molecule has 0 heterocycles. The number of hydrogen-bond donors (Lipinski definition) is 3. The van der Waals surface area contributed by atoms with Crippen LogP contribution in [0.4, 0.5) is 0 Å². The van der Waals surface area contributed by atoms with Crippen LogP contribution < -0.4 is 10.6 Å². The molecule has 1 fully saturated rings. The van der Waals surface area contributed by atoms with Crippen molar-refractivity contribution in [3.05, 3.63) is 0 Å². The lowest BCUT2D eigenvalue weighted by molar-refractivity contribution is -0.125. The molecule has 0 aliphatic heterocycles. The molecular weight excluding hydrogens is 180 g/mol. The van der Waals surface area contributed by atoms with E-state index in [1.807, 2.05) is 20.8 Å². The number of amides is 1. The van der Waals surface area contributed by atoms with Crippen molar-refractivity contribution < 1.29 is 9.90 Å². The van der Waals surface area contributed by atoms with Gasteiger partial charge in [-0.1, -0.05) is 13.8 Å². The fraction of sp³-hybridized carbons (Fsp3) is 0.900. The molecule has 0 spiro atoms. The van der Waals surface area contributed by atoms with E-state index in [4.69, 9.17) is 0 Å². The van der Waals surface area contributed by atoms with Gasteiger partial charge in [0.15, 0.2) is 0 Å². The van der Waals surface area contributed by atoms with Crippen molar-refractivity contribution >= 4 is 5.91 Å². The van der Waals surface area contributed by atoms with Crippen molar-refractivity contribution in [3.63, 3.8) is 0 Å². The second kappa shape index (κ2) is 3.87. The first-order valence-corrected chi connectivity index (χ1v) is 5.05. The molecule has 1 amide bonds. The molecule has 0 radical (unpaired) electrons. The Balaban J connectivity index is 2.43. The van der Waals surface area contributed by atoms with Crippen LogP contribution in [0.2, 0.25) is 0 Å². The highest BCUT2D eigenvalue weighted by Crippen LogP contribution is 2.40. The summed E-state index contributed by atoms with van der Waals surface area (Å²) in [5.41, 5.74) is -0.123. The molecule has 0 aromatic heterocycles. The zero-order valence-electron chi connectivity index (χ0n) is 9.29. The Kier molecular flexibility index (Phi) is 3.17. The van der Waals surface area contributed by atoms with Crippen LogP contribution >= 0.6 is 0 Å². The zero-order valence-corrected chi connectivity index (χ0v) is 9.29. The van der Waals surface area contributed by atoms with Gasteiger partial charge in [-0.25, -0.2) is 0 Å². The summed E-state index contributed by atoms with van der Waals surface area (Å²) in [5.74, 6) is -0.0119. The maximum Gasteiger partial charge on any atom is 0.236 e. The summed E-state index contributed by atoms with van der Waals surface area (Å²) >= 11 is 0. The number of rotatable bonds is 3. The van der Waals surface area contributed by atoms with Crippen LogP contribution in [0.15, 0.2) is 0 Å². The number of carbonyl (C=O) groups excluding carboxylic acids is 1. The van der Waals surface area contributed by atoms with E-state index >= 15 is 0 Å². The summed E-state index contributed by atoms with van der Waals surface area (Å²) in [6.45, 7) is 5.85. The number of aliphatic hydroxyl groups is 1. The van der Waals surface area contributed by atoms with Crippen LogP contribution in [-0.2, 0) is 4.79 Å². The SMILES string of the molecule is CNC(=O)[C@@H](C)NC1CC(O)C1(C)C. The molecule has 2 unspecified atom stereocenters. The lowest BCUT2D eigenvalue weighted by atomic mass is 9.64. The van der Waals surface area contributed by atoms with Crippen LogP contribution in [0.3, 0.4) is 0 Å². The van der Waals surface area contributed by atoms with Gasteiger partial charge in [0.25, 0.3) is 0 Å². The number of aliphatic hydroxyl groups excluding tert-OH is 1. The van der Waals surface area contributed by atoms with Crippen LogP contribution in [0, 0.1) is 5.41 Å². The molecule has 4 nitrogen and oxygen atoms in total. The number of likely N-dealkylation sites (N-methyl/N-ethyl adjacent to an activating group) is 1. The predicted molar refractivity (Wildman–Crippen MR) is 54.9 cm³/mol. The van der Waals surface area contributed by atoms with Crippen LogP contribution in [0.1, 0.15) is 27.2 Å². The summed E-state index contributed by atoms with van der Waals surface area (Å²) < 4.78 is 0. The van der Waals surface area contributed by atoms with Gasteiger partial charge in [-0.05, 0) is 13.3 Å². The van der Waals surface area contributed by atoms with Crippen molar-refractivity contribution in [2.45, 2.75) is 45.4 Å². The fourth-order valence-electron chi connectivity index (χ4n) is 1.78. The normalized spacial score (nSPS) is 31.8. The van der Waals surface area contributed by atoms with Gasteiger partial charge in [0.2, 0.25) is 5.91 Å². The number of nitrogens with one attached hydrogen (secondary N) is 2. The van der Waals surface area contributed by atoms with Gasteiger partial charge in [0.05, 0.1) is 12.1 Å². The van der Waals surface area contributed by atoms with Gasteiger partial charge in [-0.2, -0.15) is 0 Å². The molecule has 1 saturated carbocycles. The minimum absolute atomic E-state index is 0.0119. The van der Waals surface area contributed by atoms with Crippen molar-refractivity contribution in [3.8, 4) is 0 Å². The van der Waals surface area contributed by atoms with E-state index in [1.165, 1.54) is 0 Å². The summed E-state index contributed by atoms with van der Waals surface area (Å²) in [4.78, 5) is 11.2. The van der Waals surface area contributed by atoms with Gasteiger partial charge in [-0.15, -0.1) is 0 Å². The van der Waals surface area contributed by atoms with E-state index < -0.39 is 0 Å². The smallest absolute Gasteiger partial charge is 0.236 e. The Morgan fingerprint density at radius 1 is 1.57 bits per heavy atom. The van der Waals surface area contributed by atoms with E-state index in [9.17, 15) is 9.90 Å². The van der Waals surface area contributed by atoms with E-state index in [0.29, 0.717) is 0 Å². The van der Waals surface area contributed by atoms with Crippen LogP contribution in [0.25, 0.3) is 0 Å². The molecule has 82 valence electrons. The molecule has 0 saturated heterocycles. The van der Waals surface area contributed by atoms with Gasteiger partial charge in [-0.3, -0.25) is 4.79 Å². The van der Waals surface area contributed by atoms with Crippen LogP contribution in [0.5, 0.6) is 0 Å². The van der Waals surface area contributed by atoms with E-state index in [-0.39, 0.29) is 29.5 Å². The molecule has 1 aliphatic rings. The molecule has 4 heteroatoms. The minimum Gasteiger partial charge on any atom is -0.392 e. The van der Waals surface area contributed by atoms with E-state index in [0.717, 1.165) is 6.42 Å². The molecular formula is C10H20N2O2. The standard InChI is InChI=1S/C10H20N2O2/c1-6(9(14)11-4)12-7-5-8(13)10(7,2)3/h6-8,12-13H,5H2,1-4H3,(H,11,14)/t6-,7?,8?/m1/s1. The molecule has 1 rings (SSSR count). The maximum atomic E-state index is 11.2. The molecule has 1 aliphatic carbocycles. The van der Waals surface area contributed by atoms with Crippen molar-refractivity contribution in [1.82, 2.24) is 10.6 Å². The fourth-order valence-corrected chi connectivity index (χ4v) is 1.78. The zero-order chi connectivity index (χ0) is 10.9. The summed E-state index contributed by atoms with van der Waals surface area (Å²) in [7, 11) is 1.63. The Morgan fingerprint density at radius 3 is 2.50 bits per heavy atom. The first-order valence-electron chi connectivity index (χ1n) is 5.05. The van der Waals surface area contributed by atoms with Crippen molar-refractivity contribution in [1.29, 1.82) is 0 Å². The molecule has 14 heavy (non-hydrogen) atoms. The quantitative estimate of drug-likeness (QED) is 0.595. The third kappa shape index (κ3) is 1.91.